The van der Waals surface area contributed by atoms with Crippen LogP contribution in [0.2, 0.25) is 0 Å². The van der Waals surface area contributed by atoms with Crippen LogP contribution >= 0.6 is 11.8 Å². The zero-order chi connectivity index (χ0) is 12.8. The first-order valence-corrected chi connectivity index (χ1v) is 6.94. The normalized spacial score (nSPS) is 21.8. The lowest BCUT2D eigenvalue weighted by atomic mass is 9.97. The Hall–Kier alpha value is -1.15. The van der Waals surface area contributed by atoms with Crippen LogP contribution in [0.4, 0.5) is 0 Å². The van der Waals surface area contributed by atoms with Gasteiger partial charge in [0.1, 0.15) is 0 Å². The van der Waals surface area contributed by atoms with E-state index in [0.717, 1.165) is 12.8 Å². The molecule has 0 radical (unpaired) electrons. The van der Waals surface area contributed by atoms with Crippen molar-refractivity contribution in [1.29, 1.82) is 0 Å². The number of aliphatic hydroxyl groups is 1. The summed E-state index contributed by atoms with van der Waals surface area (Å²) in [6.07, 6.45) is 2.23. The van der Waals surface area contributed by atoms with Gasteiger partial charge in [-0.2, -0.15) is 0 Å². The molecule has 1 amide bonds. The highest BCUT2D eigenvalue weighted by molar-refractivity contribution is 7.99. The van der Waals surface area contributed by atoms with Crippen LogP contribution in [-0.4, -0.2) is 60.6 Å². The smallest absolute Gasteiger partial charge is 0.233 e. The molecular formula is C10H15N5O2S. The van der Waals surface area contributed by atoms with Crippen LogP contribution in [0.15, 0.2) is 5.16 Å². The van der Waals surface area contributed by atoms with Crippen molar-refractivity contribution < 1.29 is 9.90 Å². The Kier molecular flexibility index (Phi) is 2.78. The van der Waals surface area contributed by atoms with Gasteiger partial charge in [0.25, 0.3) is 0 Å². The summed E-state index contributed by atoms with van der Waals surface area (Å²) in [4.78, 5) is 13.5. The molecule has 1 aromatic heterocycles. The monoisotopic (exact) mass is 269 g/mol. The van der Waals surface area contributed by atoms with E-state index in [2.05, 4.69) is 15.5 Å². The number of aromatic nitrogens is 4. The van der Waals surface area contributed by atoms with Crippen molar-refractivity contribution in [3.8, 4) is 0 Å². The first kappa shape index (κ1) is 11.9. The number of nitrogens with zero attached hydrogens (tertiary/aromatic N) is 5. The van der Waals surface area contributed by atoms with E-state index in [1.807, 2.05) is 0 Å². The molecule has 0 bridgehead atoms. The Morgan fingerprint density at radius 2 is 2.28 bits per heavy atom. The molecule has 18 heavy (non-hydrogen) atoms. The standard InChI is InChI=1S/C10H15N5O2S/c1-10(17)5-14(6-10)8(16)4-18-9-11-12-13-15(9)7-2-3-7/h7,17H,2-6H2,1H3. The van der Waals surface area contributed by atoms with E-state index in [4.69, 9.17) is 0 Å². The van der Waals surface area contributed by atoms with Crippen LogP contribution in [0.1, 0.15) is 25.8 Å². The van der Waals surface area contributed by atoms with Gasteiger partial charge in [-0.1, -0.05) is 11.8 Å². The summed E-state index contributed by atoms with van der Waals surface area (Å²) in [6.45, 7) is 2.57. The molecule has 8 heteroatoms. The molecule has 1 saturated carbocycles. The van der Waals surface area contributed by atoms with E-state index in [0.29, 0.717) is 30.0 Å². The zero-order valence-corrected chi connectivity index (χ0v) is 10.9. The maximum atomic E-state index is 11.8. The van der Waals surface area contributed by atoms with Crippen LogP contribution < -0.4 is 0 Å². The predicted molar refractivity (Wildman–Crippen MR) is 64.0 cm³/mol. The van der Waals surface area contributed by atoms with Crippen LogP contribution in [0.3, 0.4) is 0 Å². The number of carbonyl (C=O) groups is 1. The maximum absolute atomic E-state index is 11.8. The third-order valence-corrected chi connectivity index (χ3v) is 4.01. The van der Waals surface area contributed by atoms with Crippen molar-refractivity contribution in [1.82, 2.24) is 25.1 Å². The van der Waals surface area contributed by atoms with Gasteiger partial charge in [0.15, 0.2) is 0 Å². The summed E-state index contributed by atoms with van der Waals surface area (Å²) in [5.41, 5.74) is -0.712. The van der Waals surface area contributed by atoms with Gasteiger partial charge in [0.2, 0.25) is 11.1 Å². The van der Waals surface area contributed by atoms with Crippen molar-refractivity contribution in [3.05, 3.63) is 0 Å². The Balaban J connectivity index is 1.52. The highest BCUT2D eigenvalue weighted by Crippen LogP contribution is 2.36. The first-order valence-electron chi connectivity index (χ1n) is 5.96. The topological polar surface area (TPSA) is 84.1 Å². The number of thioether (sulfide) groups is 1. The van der Waals surface area contributed by atoms with Crippen molar-refractivity contribution in [2.45, 2.75) is 36.6 Å². The molecular weight excluding hydrogens is 254 g/mol. The predicted octanol–water partition coefficient (Wildman–Crippen LogP) is -0.307. The summed E-state index contributed by atoms with van der Waals surface area (Å²) >= 11 is 1.36. The van der Waals surface area contributed by atoms with Crippen LogP contribution in [-0.2, 0) is 4.79 Å². The Morgan fingerprint density at radius 1 is 1.56 bits per heavy atom. The molecule has 0 atom stereocenters. The maximum Gasteiger partial charge on any atom is 0.233 e. The van der Waals surface area contributed by atoms with E-state index >= 15 is 0 Å². The number of tetrazole rings is 1. The Labute approximate surface area is 109 Å². The minimum atomic E-state index is -0.712. The lowest BCUT2D eigenvalue weighted by Crippen LogP contribution is -2.62. The van der Waals surface area contributed by atoms with Gasteiger partial charge in [0, 0.05) is 0 Å². The second-order valence-electron chi connectivity index (χ2n) is 5.17. The Morgan fingerprint density at radius 3 is 2.89 bits per heavy atom. The van der Waals surface area contributed by atoms with Gasteiger partial charge in [-0.15, -0.1) is 5.10 Å². The van der Waals surface area contributed by atoms with Gasteiger partial charge in [-0.3, -0.25) is 4.79 Å². The van der Waals surface area contributed by atoms with Gasteiger partial charge in [0.05, 0.1) is 30.5 Å². The van der Waals surface area contributed by atoms with Gasteiger partial charge in [-0.25, -0.2) is 4.68 Å². The van der Waals surface area contributed by atoms with Gasteiger partial charge < -0.3 is 10.0 Å². The van der Waals surface area contributed by atoms with Gasteiger partial charge >= 0.3 is 0 Å². The average Bonchev–Trinajstić information content (AvgIpc) is 3.02. The number of β-amino-alcohol motifs (C(OH)–C–C–N with tert-alkyl or cyclic N) is 1. The summed E-state index contributed by atoms with van der Waals surface area (Å²) in [7, 11) is 0. The first-order chi connectivity index (χ1) is 8.55. The average molecular weight is 269 g/mol. The highest BCUT2D eigenvalue weighted by atomic mass is 32.2. The van der Waals surface area contributed by atoms with E-state index in [-0.39, 0.29) is 5.91 Å². The SMILES string of the molecule is CC1(O)CN(C(=O)CSc2nnnn2C2CC2)C1. The Bertz CT molecular complexity index is 463. The van der Waals surface area contributed by atoms with Gasteiger partial charge in [-0.05, 0) is 30.2 Å². The number of hydrogen-bond acceptors (Lipinski definition) is 6. The molecule has 0 aromatic carbocycles. The third kappa shape index (κ3) is 2.35. The molecule has 1 saturated heterocycles. The van der Waals surface area contributed by atoms with Crippen LogP contribution in [0, 0.1) is 0 Å². The fourth-order valence-corrected chi connectivity index (χ4v) is 2.85. The number of likely N-dealkylation sites (tertiary alicyclic amines) is 1. The molecule has 98 valence electrons. The van der Waals surface area contributed by atoms with Crippen molar-refractivity contribution in [2.75, 3.05) is 18.8 Å². The summed E-state index contributed by atoms with van der Waals surface area (Å²) in [5, 5.41) is 21.8. The molecule has 2 fully saturated rings. The van der Waals surface area contributed by atoms with E-state index < -0.39 is 5.60 Å². The molecule has 1 aromatic rings. The second-order valence-corrected chi connectivity index (χ2v) is 6.12. The van der Waals surface area contributed by atoms with Crippen molar-refractivity contribution in [2.24, 2.45) is 0 Å². The summed E-state index contributed by atoms with van der Waals surface area (Å²) < 4.78 is 1.80. The lowest BCUT2D eigenvalue weighted by Gasteiger charge is -2.44. The second kappa shape index (κ2) is 4.20. The minimum absolute atomic E-state index is 0.0249. The number of hydrogen-bond donors (Lipinski definition) is 1. The molecule has 1 aliphatic carbocycles. The number of amides is 1. The molecule has 0 spiro atoms. The van der Waals surface area contributed by atoms with Crippen LogP contribution in [0.25, 0.3) is 0 Å². The van der Waals surface area contributed by atoms with Crippen molar-refractivity contribution >= 4 is 17.7 Å². The summed E-state index contributed by atoms with van der Waals surface area (Å²) in [5.74, 6) is 0.347. The van der Waals surface area contributed by atoms with Crippen LogP contribution in [0.5, 0.6) is 0 Å². The minimum Gasteiger partial charge on any atom is -0.386 e. The molecule has 3 rings (SSSR count). The number of carbonyl (C=O) groups excluding carboxylic acids is 1. The fraction of sp³-hybridized carbons (Fsp3) is 0.800. The van der Waals surface area contributed by atoms with E-state index in [1.54, 1.807) is 16.5 Å². The molecule has 2 heterocycles. The molecule has 7 nitrogen and oxygen atoms in total. The van der Waals surface area contributed by atoms with E-state index in [9.17, 15) is 9.90 Å². The quantitative estimate of drug-likeness (QED) is 0.755. The van der Waals surface area contributed by atoms with Crippen molar-refractivity contribution in [3.63, 3.8) is 0 Å². The highest BCUT2D eigenvalue weighted by Gasteiger charge is 2.39. The number of rotatable bonds is 4. The molecule has 0 unspecified atom stereocenters. The fourth-order valence-electron chi connectivity index (χ4n) is 2.00. The molecule has 1 aliphatic heterocycles. The lowest BCUT2D eigenvalue weighted by molar-refractivity contribution is -0.149. The summed E-state index contributed by atoms with van der Waals surface area (Å²) in [6, 6.07) is 0.419. The molecule has 2 aliphatic rings. The largest absolute Gasteiger partial charge is 0.386 e. The zero-order valence-electron chi connectivity index (χ0n) is 10.1. The third-order valence-electron chi connectivity index (χ3n) is 3.10. The van der Waals surface area contributed by atoms with E-state index in [1.165, 1.54) is 11.8 Å². The molecule has 1 N–H and O–H groups in total.